The standard InChI is InChI=1S/C19H23NO7S/c1-5-20(12-13-6-8-17(26-3)18(10-13)27-4)28(23,24)14-7-9-16(25-2)15(11-14)19(21)22/h6-11H,5,12H2,1-4H3,(H,21,22). The summed E-state index contributed by atoms with van der Waals surface area (Å²) in [5.74, 6) is -0.143. The Hall–Kier alpha value is -2.78. The summed E-state index contributed by atoms with van der Waals surface area (Å²) in [5, 5.41) is 9.31. The number of carbonyl (C=O) groups is 1. The van der Waals surface area contributed by atoms with E-state index in [0.29, 0.717) is 17.1 Å². The molecule has 2 rings (SSSR count). The molecule has 9 heteroatoms. The fraction of sp³-hybridized carbons (Fsp3) is 0.316. The first-order chi connectivity index (χ1) is 13.3. The van der Waals surface area contributed by atoms with Crippen molar-refractivity contribution >= 4 is 16.0 Å². The molecule has 8 nitrogen and oxygen atoms in total. The van der Waals surface area contributed by atoms with Crippen molar-refractivity contribution < 1.29 is 32.5 Å². The van der Waals surface area contributed by atoms with Crippen molar-refractivity contribution in [1.82, 2.24) is 4.31 Å². The van der Waals surface area contributed by atoms with E-state index < -0.39 is 16.0 Å². The summed E-state index contributed by atoms with van der Waals surface area (Å²) < 4.78 is 42.8. The molecule has 28 heavy (non-hydrogen) atoms. The van der Waals surface area contributed by atoms with Gasteiger partial charge in [0.15, 0.2) is 11.5 Å². The molecule has 0 radical (unpaired) electrons. The fourth-order valence-electron chi connectivity index (χ4n) is 2.71. The van der Waals surface area contributed by atoms with E-state index in [-0.39, 0.29) is 29.3 Å². The second-order valence-corrected chi connectivity index (χ2v) is 7.73. The van der Waals surface area contributed by atoms with Gasteiger partial charge in [-0.1, -0.05) is 13.0 Å². The smallest absolute Gasteiger partial charge is 0.339 e. The number of ether oxygens (including phenoxy) is 3. The average molecular weight is 409 g/mol. The van der Waals surface area contributed by atoms with E-state index in [1.807, 2.05) is 0 Å². The van der Waals surface area contributed by atoms with Crippen molar-refractivity contribution in [1.29, 1.82) is 0 Å². The van der Waals surface area contributed by atoms with Gasteiger partial charge in [-0.25, -0.2) is 13.2 Å². The second kappa shape index (κ2) is 8.94. The summed E-state index contributed by atoms with van der Waals surface area (Å²) in [6.07, 6.45) is 0. The van der Waals surface area contributed by atoms with Gasteiger partial charge in [-0.2, -0.15) is 4.31 Å². The zero-order chi connectivity index (χ0) is 20.9. The molecule has 0 heterocycles. The molecular formula is C19H23NO7S. The first kappa shape index (κ1) is 21.5. The third kappa shape index (κ3) is 4.37. The summed E-state index contributed by atoms with van der Waals surface area (Å²) in [7, 11) is 0.420. The van der Waals surface area contributed by atoms with Crippen LogP contribution in [0, 0.1) is 0 Å². The van der Waals surface area contributed by atoms with Crippen LogP contribution in [0.25, 0.3) is 0 Å². The predicted octanol–water partition coefficient (Wildman–Crippen LogP) is 2.62. The zero-order valence-corrected chi connectivity index (χ0v) is 16.9. The Balaban J connectivity index is 2.40. The highest BCUT2D eigenvalue weighted by Crippen LogP contribution is 2.30. The summed E-state index contributed by atoms with van der Waals surface area (Å²) >= 11 is 0. The van der Waals surface area contributed by atoms with Crippen LogP contribution in [0.3, 0.4) is 0 Å². The van der Waals surface area contributed by atoms with Gasteiger partial charge in [-0.3, -0.25) is 0 Å². The highest BCUT2D eigenvalue weighted by atomic mass is 32.2. The molecule has 0 aliphatic carbocycles. The lowest BCUT2D eigenvalue weighted by molar-refractivity contribution is 0.0693. The lowest BCUT2D eigenvalue weighted by atomic mass is 10.2. The van der Waals surface area contributed by atoms with Gasteiger partial charge >= 0.3 is 5.97 Å². The Morgan fingerprint density at radius 3 is 2.11 bits per heavy atom. The van der Waals surface area contributed by atoms with Crippen molar-refractivity contribution in [3.8, 4) is 17.2 Å². The first-order valence-corrected chi connectivity index (χ1v) is 9.84. The highest BCUT2D eigenvalue weighted by Gasteiger charge is 2.26. The summed E-state index contributed by atoms with van der Waals surface area (Å²) in [5.41, 5.74) is 0.487. The minimum absolute atomic E-state index is 0.0909. The lowest BCUT2D eigenvalue weighted by Gasteiger charge is -2.21. The van der Waals surface area contributed by atoms with Crippen molar-refractivity contribution in [2.24, 2.45) is 0 Å². The molecule has 2 aromatic rings. The van der Waals surface area contributed by atoms with Crippen LogP contribution in [0.1, 0.15) is 22.8 Å². The van der Waals surface area contributed by atoms with Crippen molar-refractivity contribution in [2.45, 2.75) is 18.4 Å². The Kier molecular flexibility index (Phi) is 6.87. The quantitative estimate of drug-likeness (QED) is 0.679. The zero-order valence-electron chi connectivity index (χ0n) is 16.1. The maximum absolute atomic E-state index is 13.1. The molecular weight excluding hydrogens is 386 g/mol. The number of nitrogens with zero attached hydrogens (tertiary/aromatic N) is 1. The topological polar surface area (TPSA) is 102 Å². The van der Waals surface area contributed by atoms with E-state index in [4.69, 9.17) is 14.2 Å². The van der Waals surface area contributed by atoms with Crippen LogP contribution in [0.2, 0.25) is 0 Å². The van der Waals surface area contributed by atoms with E-state index in [9.17, 15) is 18.3 Å². The first-order valence-electron chi connectivity index (χ1n) is 8.40. The molecule has 0 amide bonds. The maximum atomic E-state index is 13.1. The van der Waals surface area contributed by atoms with Gasteiger partial charge in [-0.05, 0) is 35.9 Å². The van der Waals surface area contributed by atoms with Gasteiger partial charge in [0.2, 0.25) is 10.0 Å². The molecule has 0 atom stereocenters. The van der Waals surface area contributed by atoms with Crippen molar-refractivity contribution in [3.63, 3.8) is 0 Å². The Bertz CT molecular complexity index is 957. The Labute approximate surface area is 164 Å². The molecule has 0 fully saturated rings. The van der Waals surface area contributed by atoms with E-state index >= 15 is 0 Å². The molecule has 1 N–H and O–H groups in total. The van der Waals surface area contributed by atoms with Crippen LogP contribution < -0.4 is 14.2 Å². The van der Waals surface area contributed by atoms with Crippen LogP contribution in [0.15, 0.2) is 41.3 Å². The Morgan fingerprint density at radius 1 is 0.964 bits per heavy atom. The molecule has 0 saturated heterocycles. The van der Waals surface area contributed by atoms with Crippen molar-refractivity contribution in [3.05, 3.63) is 47.5 Å². The van der Waals surface area contributed by atoms with Gasteiger partial charge in [0.1, 0.15) is 11.3 Å². The molecule has 0 aliphatic rings. The summed E-state index contributed by atoms with van der Waals surface area (Å²) in [4.78, 5) is 11.3. The van der Waals surface area contributed by atoms with Crippen molar-refractivity contribution in [2.75, 3.05) is 27.9 Å². The molecule has 0 aliphatic heterocycles. The summed E-state index contributed by atoms with van der Waals surface area (Å²) in [6.45, 7) is 2.00. The van der Waals surface area contributed by atoms with Crippen LogP contribution in [0.5, 0.6) is 17.2 Å². The second-order valence-electron chi connectivity index (χ2n) is 5.79. The van der Waals surface area contributed by atoms with E-state index in [0.717, 1.165) is 6.07 Å². The van der Waals surface area contributed by atoms with Gasteiger partial charge in [0.25, 0.3) is 0 Å². The third-order valence-electron chi connectivity index (χ3n) is 4.20. The molecule has 0 spiro atoms. The largest absolute Gasteiger partial charge is 0.496 e. The number of carboxylic acids is 1. The highest BCUT2D eigenvalue weighted by molar-refractivity contribution is 7.89. The molecule has 0 bridgehead atoms. The maximum Gasteiger partial charge on any atom is 0.339 e. The lowest BCUT2D eigenvalue weighted by Crippen LogP contribution is -2.30. The number of benzene rings is 2. The predicted molar refractivity (Wildman–Crippen MR) is 103 cm³/mol. The van der Waals surface area contributed by atoms with E-state index in [1.54, 1.807) is 25.1 Å². The minimum atomic E-state index is -3.92. The van der Waals surface area contributed by atoms with Gasteiger partial charge in [0, 0.05) is 13.1 Å². The van der Waals surface area contributed by atoms with Crippen LogP contribution in [-0.2, 0) is 16.6 Å². The van der Waals surface area contributed by atoms with Crippen LogP contribution >= 0.6 is 0 Å². The minimum Gasteiger partial charge on any atom is -0.496 e. The third-order valence-corrected chi connectivity index (χ3v) is 6.12. The Morgan fingerprint density at radius 2 is 1.57 bits per heavy atom. The van der Waals surface area contributed by atoms with Crippen LogP contribution in [-0.4, -0.2) is 51.7 Å². The van der Waals surface area contributed by atoms with E-state index in [2.05, 4.69) is 0 Å². The molecule has 0 saturated carbocycles. The number of aromatic carboxylic acids is 1. The SMILES string of the molecule is CCN(Cc1ccc(OC)c(OC)c1)S(=O)(=O)c1ccc(OC)c(C(=O)O)c1. The average Bonchev–Trinajstić information content (AvgIpc) is 2.70. The van der Waals surface area contributed by atoms with Crippen LogP contribution in [0.4, 0.5) is 0 Å². The summed E-state index contributed by atoms with van der Waals surface area (Å²) in [6, 6.07) is 8.92. The van der Waals surface area contributed by atoms with Gasteiger partial charge < -0.3 is 19.3 Å². The number of carboxylic acid groups (broad SMARTS) is 1. The number of methoxy groups -OCH3 is 3. The number of hydrogen-bond acceptors (Lipinski definition) is 6. The van der Waals surface area contributed by atoms with Gasteiger partial charge in [0.05, 0.1) is 26.2 Å². The van der Waals surface area contributed by atoms with E-state index in [1.165, 1.54) is 37.8 Å². The number of sulfonamides is 1. The molecule has 0 aromatic heterocycles. The number of rotatable bonds is 9. The molecule has 2 aromatic carbocycles. The molecule has 152 valence electrons. The fourth-order valence-corrected chi connectivity index (χ4v) is 4.18. The monoisotopic (exact) mass is 409 g/mol. The normalized spacial score (nSPS) is 11.3. The molecule has 0 unspecified atom stereocenters. The number of hydrogen-bond donors (Lipinski definition) is 1. The van der Waals surface area contributed by atoms with Gasteiger partial charge in [-0.15, -0.1) is 0 Å².